The Kier molecular flexibility index (Phi) is 6.01. The lowest BCUT2D eigenvalue weighted by atomic mass is 10.0. The van der Waals surface area contributed by atoms with Crippen molar-refractivity contribution >= 4 is 23.4 Å². The van der Waals surface area contributed by atoms with E-state index in [1.807, 2.05) is 18.3 Å². The van der Waals surface area contributed by atoms with Gasteiger partial charge in [-0.1, -0.05) is 6.07 Å². The summed E-state index contributed by atoms with van der Waals surface area (Å²) in [6.45, 7) is 1.36. The molecule has 1 saturated heterocycles. The van der Waals surface area contributed by atoms with Gasteiger partial charge in [-0.2, -0.15) is 5.10 Å². The van der Waals surface area contributed by atoms with Crippen LogP contribution in [0.2, 0.25) is 0 Å². The maximum absolute atomic E-state index is 12.9. The Balaban J connectivity index is 1.42. The maximum atomic E-state index is 12.9. The van der Waals surface area contributed by atoms with Crippen molar-refractivity contribution in [2.45, 2.75) is 51.2 Å². The number of piperidine rings is 1. The van der Waals surface area contributed by atoms with Crippen molar-refractivity contribution < 1.29 is 24.2 Å². The number of imide groups is 1. The number of nitrogens with zero attached hydrogens (tertiary/aromatic N) is 3. The van der Waals surface area contributed by atoms with Gasteiger partial charge in [-0.15, -0.1) is 0 Å². The molecule has 2 unspecified atom stereocenters. The van der Waals surface area contributed by atoms with Crippen LogP contribution in [0.15, 0.2) is 30.6 Å². The molecule has 2 atom stereocenters. The zero-order chi connectivity index (χ0) is 22.0. The molecule has 2 aromatic rings. The third kappa shape index (κ3) is 4.44. The Morgan fingerprint density at radius 1 is 1.35 bits per heavy atom. The summed E-state index contributed by atoms with van der Waals surface area (Å²) in [5.74, 6) is -0.916. The Labute approximate surface area is 179 Å². The Morgan fingerprint density at radius 2 is 2.19 bits per heavy atom. The third-order valence-corrected chi connectivity index (χ3v) is 5.63. The van der Waals surface area contributed by atoms with Crippen LogP contribution in [0.5, 0.6) is 0 Å². The van der Waals surface area contributed by atoms with Crippen LogP contribution >= 0.6 is 0 Å². The molecule has 10 nitrogen and oxygen atoms in total. The van der Waals surface area contributed by atoms with Gasteiger partial charge >= 0.3 is 0 Å². The van der Waals surface area contributed by atoms with Crippen LogP contribution in [-0.4, -0.2) is 57.0 Å². The minimum atomic E-state index is -0.817. The summed E-state index contributed by atoms with van der Waals surface area (Å²) in [5.41, 5.74) is 3.19. The Morgan fingerprint density at radius 3 is 2.97 bits per heavy atom. The number of methoxy groups -OCH3 is 1. The number of fused-ring (bicyclic) bond motifs is 1. The molecule has 0 bridgehead atoms. The van der Waals surface area contributed by atoms with E-state index in [0.717, 1.165) is 16.8 Å². The average Bonchev–Trinajstić information content (AvgIpc) is 3.35. The minimum absolute atomic E-state index is 0.197. The summed E-state index contributed by atoms with van der Waals surface area (Å²) in [4.78, 5) is 38.1. The van der Waals surface area contributed by atoms with E-state index < -0.39 is 18.2 Å². The van der Waals surface area contributed by atoms with Crippen LogP contribution in [0.1, 0.15) is 40.7 Å². The monoisotopic (exact) mass is 427 g/mol. The molecule has 164 valence electrons. The second-order valence-electron chi connectivity index (χ2n) is 7.68. The lowest BCUT2D eigenvalue weighted by Crippen LogP contribution is -2.52. The zero-order valence-electron chi connectivity index (χ0n) is 17.2. The van der Waals surface area contributed by atoms with Gasteiger partial charge in [0.1, 0.15) is 6.04 Å². The Hall–Kier alpha value is -3.24. The SMILES string of the molecule is COC(O)CCn1cc(CNc2cccc3c2CN(C2CCC(=O)NC2=O)C3=O)cn1. The van der Waals surface area contributed by atoms with E-state index in [0.29, 0.717) is 38.0 Å². The molecule has 1 aromatic heterocycles. The molecule has 10 heteroatoms. The lowest BCUT2D eigenvalue weighted by Gasteiger charge is -2.29. The van der Waals surface area contributed by atoms with Crippen LogP contribution in [0.3, 0.4) is 0 Å². The van der Waals surface area contributed by atoms with Crippen molar-refractivity contribution in [3.8, 4) is 0 Å². The number of hydrogen-bond acceptors (Lipinski definition) is 7. The number of benzene rings is 1. The van der Waals surface area contributed by atoms with Crippen molar-refractivity contribution in [1.82, 2.24) is 20.0 Å². The van der Waals surface area contributed by atoms with Crippen LogP contribution in [0, 0.1) is 0 Å². The molecule has 0 aliphatic carbocycles. The van der Waals surface area contributed by atoms with Gasteiger partial charge in [0.2, 0.25) is 11.8 Å². The zero-order valence-corrected chi connectivity index (χ0v) is 17.2. The van der Waals surface area contributed by atoms with Crippen LogP contribution < -0.4 is 10.6 Å². The second-order valence-corrected chi connectivity index (χ2v) is 7.68. The quantitative estimate of drug-likeness (QED) is 0.416. The molecule has 3 amide bonds. The summed E-state index contributed by atoms with van der Waals surface area (Å²) < 4.78 is 6.57. The molecule has 31 heavy (non-hydrogen) atoms. The number of aromatic nitrogens is 2. The first-order chi connectivity index (χ1) is 15.0. The topological polar surface area (TPSA) is 126 Å². The molecule has 0 radical (unpaired) electrons. The van der Waals surface area contributed by atoms with Crippen molar-refractivity contribution in [3.05, 3.63) is 47.3 Å². The molecular weight excluding hydrogens is 402 g/mol. The molecule has 2 aliphatic rings. The van der Waals surface area contributed by atoms with Crippen LogP contribution in [0.25, 0.3) is 0 Å². The van der Waals surface area contributed by atoms with E-state index >= 15 is 0 Å². The van der Waals surface area contributed by atoms with Crippen LogP contribution in [0.4, 0.5) is 5.69 Å². The van der Waals surface area contributed by atoms with Crippen molar-refractivity contribution in [3.63, 3.8) is 0 Å². The third-order valence-electron chi connectivity index (χ3n) is 5.63. The number of aryl methyl sites for hydroxylation is 1. The van der Waals surface area contributed by atoms with E-state index in [2.05, 4.69) is 15.7 Å². The van der Waals surface area contributed by atoms with Crippen molar-refractivity contribution in [1.29, 1.82) is 0 Å². The van der Waals surface area contributed by atoms with E-state index in [1.54, 1.807) is 16.9 Å². The minimum Gasteiger partial charge on any atom is -0.381 e. The number of amides is 3. The maximum Gasteiger partial charge on any atom is 0.255 e. The summed E-state index contributed by atoms with van der Waals surface area (Å²) in [7, 11) is 1.45. The number of aliphatic hydroxyl groups excluding tert-OH is 1. The van der Waals surface area contributed by atoms with Gasteiger partial charge in [-0.05, 0) is 18.6 Å². The summed E-state index contributed by atoms with van der Waals surface area (Å²) in [5, 5.41) is 19.4. The second kappa shape index (κ2) is 8.86. The molecule has 3 heterocycles. The fourth-order valence-electron chi connectivity index (χ4n) is 3.93. The molecular formula is C21H25N5O5. The van der Waals surface area contributed by atoms with Gasteiger partial charge in [0.15, 0.2) is 6.29 Å². The van der Waals surface area contributed by atoms with Gasteiger partial charge in [-0.3, -0.25) is 24.4 Å². The highest BCUT2D eigenvalue weighted by Crippen LogP contribution is 2.32. The largest absolute Gasteiger partial charge is 0.381 e. The number of nitrogens with one attached hydrogen (secondary N) is 2. The lowest BCUT2D eigenvalue weighted by molar-refractivity contribution is -0.136. The molecule has 1 fully saturated rings. The van der Waals surface area contributed by atoms with Gasteiger partial charge in [0, 0.05) is 68.2 Å². The number of anilines is 1. The number of ether oxygens (including phenoxy) is 1. The molecule has 4 rings (SSSR count). The predicted molar refractivity (Wildman–Crippen MR) is 110 cm³/mol. The summed E-state index contributed by atoms with van der Waals surface area (Å²) in [6.07, 6.45) is 3.82. The first kappa shape index (κ1) is 21.0. The highest BCUT2D eigenvalue weighted by atomic mass is 16.6. The summed E-state index contributed by atoms with van der Waals surface area (Å²) >= 11 is 0. The number of carbonyl (C=O) groups excluding carboxylic acids is 3. The van der Waals surface area contributed by atoms with Crippen molar-refractivity contribution in [2.24, 2.45) is 0 Å². The van der Waals surface area contributed by atoms with E-state index in [4.69, 9.17) is 4.74 Å². The number of rotatable bonds is 8. The van der Waals surface area contributed by atoms with Gasteiger partial charge in [0.25, 0.3) is 5.91 Å². The molecule has 1 aromatic carbocycles. The fourth-order valence-corrected chi connectivity index (χ4v) is 3.93. The number of hydrogen-bond donors (Lipinski definition) is 3. The first-order valence-corrected chi connectivity index (χ1v) is 10.2. The molecule has 0 spiro atoms. The summed E-state index contributed by atoms with van der Waals surface area (Å²) in [6, 6.07) is 4.83. The standard InChI is InChI=1S/C21H25N5O5/c1-31-19(28)7-8-25-11-13(10-23-25)9-22-16-4-2-3-14-15(16)12-26(21(14)30)17-5-6-18(27)24-20(17)29/h2-4,10-11,17,19,22,28H,5-9,12H2,1H3,(H,24,27,29). The van der Waals surface area contributed by atoms with Crippen molar-refractivity contribution in [2.75, 3.05) is 12.4 Å². The van der Waals surface area contributed by atoms with Crippen LogP contribution in [-0.2, 0) is 34.0 Å². The fraction of sp³-hybridized carbons (Fsp3) is 0.429. The smallest absolute Gasteiger partial charge is 0.255 e. The highest BCUT2D eigenvalue weighted by Gasteiger charge is 2.39. The predicted octanol–water partition coefficient (Wildman–Crippen LogP) is 0.611. The van der Waals surface area contributed by atoms with Gasteiger partial charge in [-0.25, -0.2) is 0 Å². The van der Waals surface area contributed by atoms with E-state index in [1.165, 1.54) is 12.0 Å². The van der Waals surface area contributed by atoms with E-state index in [-0.39, 0.29) is 18.2 Å². The highest BCUT2D eigenvalue weighted by molar-refractivity contribution is 6.06. The average molecular weight is 427 g/mol. The van der Waals surface area contributed by atoms with E-state index in [9.17, 15) is 19.5 Å². The number of carbonyl (C=O) groups is 3. The normalized spacial score (nSPS) is 19.4. The number of aliphatic hydroxyl groups is 1. The first-order valence-electron chi connectivity index (χ1n) is 10.2. The molecule has 0 saturated carbocycles. The molecule has 3 N–H and O–H groups in total. The van der Waals surface area contributed by atoms with Gasteiger partial charge < -0.3 is 20.1 Å². The van der Waals surface area contributed by atoms with Gasteiger partial charge in [0.05, 0.1) is 6.20 Å². The Bertz CT molecular complexity index is 1000. The molecule has 2 aliphatic heterocycles.